The first kappa shape index (κ1) is 20.6. The third kappa shape index (κ3) is 8.44. The van der Waals surface area contributed by atoms with Gasteiger partial charge in [-0.2, -0.15) is 0 Å². The highest BCUT2D eigenvalue weighted by Crippen LogP contribution is 2.18. The van der Waals surface area contributed by atoms with Crippen LogP contribution in [0.2, 0.25) is 0 Å². The van der Waals surface area contributed by atoms with Crippen molar-refractivity contribution in [2.45, 2.75) is 70.0 Å². The van der Waals surface area contributed by atoms with Gasteiger partial charge in [-0.15, -0.1) is 0 Å². The summed E-state index contributed by atoms with van der Waals surface area (Å²) in [6.45, 7) is 0. The molecule has 2 aliphatic heterocycles. The van der Waals surface area contributed by atoms with E-state index in [0.29, 0.717) is 55.1 Å². The van der Waals surface area contributed by atoms with E-state index >= 15 is 0 Å². The van der Waals surface area contributed by atoms with Gasteiger partial charge < -0.3 is 9.47 Å². The third-order valence-electron chi connectivity index (χ3n) is 4.50. The van der Waals surface area contributed by atoms with Gasteiger partial charge in [0.25, 0.3) is 0 Å². The van der Waals surface area contributed by atoms with Gasteiger partial charge in [0.1, 0.15) is 12.2 Å². The normalized spacial score (nSPS) is 26.6. The van der Waals surface area contributed by atoms with Gasteiger partial charge in [0.2, 0.25) is 0 Å². The average molecular weight is 393 g/mol. The number of rotatable bonds is 10. The molecule has 0 saturated carbocycles. The summed E-state index contributed by atoms with van der Waals surface area (Å²) in [5, 5.41) is 0. The van der Waals surface area contributed by atoms with Crippen molar-refractivity contribution >= 4 is 33.5 Å². The van der Waals surface area contributed by atoms with Gasteiger partial charge in [0, 0.05) is 57.5 Å². The summed E-state index contributed by atoms with van der Waals surface area (Å²) in [7, 11) is -1.91. The molecule has 144 valence electrons. The molecule has 4 atom stereocenters. The number of esters is 2. The van der Waals surface area contributed by atoms with Crippen LogP contribution in [0.25, 0.3) is 0 Å². The molecular weight excluding hydrogens is 364 g/mol. The van der Waals surface area contributed by atoms with E-state index in [-0.39, 0.29) is 24.1 Å². The molecule has 0 aromatic rings. The fourth-order valence-corrected chi connectivity index (χ4v) is 5.62. The van der Waals surface area contributed by atoms with Crippen LogP contribution in [0.3, 0.4) is 0 Å². The molecule has 0 bridgehead atoms. The molecule has 2 rings (SSSR count). The Morgan fingerprint density at radius 2 is 1.32 bits per heavy atom. The van der Waals surface area contributed by atoms with E-state index in [2.05, 4.69) is 0 Å². The van der Waals surface area contributed by atoms with Crippen molar-refractivity contribution in [3.8, 4) is 0 Å². The molecule has 2 heterocycles. The maximum Gasteiger partial charge on any atom is 0.306 e. The summed E-state index contributed by atoms with van der Waals surface area (Å²) in [5.41, 5.74) is 0. The van der Waals surface area contributed by atoms with Crippen LogP contribution in [-0.4, -0.2) is 55.6 Å². The van der Waals surface area contributed by atoms with Crippen molar-refractivity contribution in [3.63, 3.8) is 0 Å². The molecule has 2 saturated heterocycles. The van der Waals surface area contributed by atoms with Crippen LogP contribution in [0.15, 0.2) is 0 Å². The zero-order valence-electron chi connectivity index (χ0n) is 14.6. The van der Waals surface area contributed by atoms with Gasteiger partial charge >= 0.3 is 11.9 Å². The van der Waals surface area contributed by atoms with E-state index in [0.717, 1.165) is 25.7 Å². The molecular formula is C17H28O6S2. The van der Waals surface area contributed by atoms with Crippen LogP contribution in [-0.2, 0) is 40.7 Å². The molecule has 0 amide bonds. The molecule has 25 heavy (non-hydrogen) atoms. The van der Waals surface area contributed by atoms with Crippen LogP contribution >= 0.6 is 0 Å². The molecule has 0 aromatic carbocycles. The minimum absolute atomic E-state index is 0.0760. The lowest BCUT2D eigenvalue weighted by atomic mass is 10.1. The van der Waals surface area contributed by atoms with Crippen molar-refractivity contribution in [2.24, 2.45) is 0 Å². The molecule has 4 unspecified atom stereocenters. The van der Waals surface area contributed by atoms with Gasteiger partial charge in [0.15, 0.2) is 0 Å². The van der Waals surface area contributed by atoms with Crippen LogP contribution < -0.4 is 0 Å². The molecule has 0 N–H and O–H groups in total. The number of cyclic esters (lactones) is 2. The molecule has 0 radical (unpaired) electrons. The minimum Gasteiger partial charge on any atom is -0.462 e. The predicted octanol–water partition coefficient (Wildman–Crippen LogP) is 1.85. The van der Waals surface area contributed by atoms with Gasteiger partial charge in [-0.3, -0.25) is 18.0 Å². The first-order chi connectivity index (χ1) is 12.0. The van der Waals surface area contributed by atoms with Gasteiger partial charge in [0.05, 0.1) is 0 Å². The summed E-state index contributed by atoms with van der Waals surface area (Å²) in [6.07, 6.45) is 6.19. The third-order valence-corrected chi connectivity index (χ3v) is 7.37. The van der Waals surface area contributed by atoms with E-state index in [1.54, 1.807) is 0 Å². The van der Waals surface area contributed by atoms with Gasteiger partial charge in [-0.05, 0) is 44.9 Å². The maximum absolute atomic E-state index is 12.1. The quantitative estimate of drug-likeness (QED) is 0.527. The lowest BCUT2D eigenvalue weighted by Crippen LogP contribution is -2.19. The van der Waals surface area contributed by atoms with E-state index < -0.39 is 21.6 Å². The van der Waals surface area contributed by atoms with Gasteiger partial charge in [-0.25, -0.2) is 0 Å². The second-order valence-corrected chi connectivity index (χ2v) is 10.0. The Bertz CT molecular complexity index is 507. The smallest absolute Gasteiger partial charge is 0.306 e. The zero-order valence-corrected chi connectivity index (χ0v) is 16.2. The summed E-state index contributed by atoms with van der Waals surface area (Å²) in [5.74, 6) is 1.82. The van der Waals surface area contributed by atoms with Crippen LogP contribution in [0, 0.1) is 0 Å². The Morgan fingerprint density at radius 1 is 0.760 bits per heavy atom. The first-order valence-electron chi connectivity index (χ1n) is 9.12. The fraction of sp³-hybridized carbons (Fsp3) is 0.882. The second kappa shape index (κ2) is 11.1. The van der Waals surface area contributed by atoms with Crippen molar-refractivity contribution < 1.29 is 27.5 Å². The lowest BCUT2D eigenvalue weighted by molar-refractivity contribution is -0.148. The topological polar surface area (TPSA) is 86.7 Å². The van der Waals surface area contributed by atoms with Crippen LogP contribution in [0.1, 0.15) is 57.8 Å². The highest BCUT2D eigenvalue weighted by Gasteiger charge is 2.23. The number of hydrogen-bond donors (Lipinski definition) is 0. The monoisotopic (exact) mass is 392 g/mol. The van der Waals surface area contributed by atoms with Crippen LogP contribution in [0.5, 0.6) is 0 Å². The maximum atomic E-state index is 12.1. The van der Waals surface area contributed by atoms with E-state index in [9.17, 15) is 18.0 Å². The molecule has 2 fully saturated rings. The molecule has 0 aromatic heterocycles. The minimum atomic E-state index is -0.961. The Kier molecular flexibility index (Phi) is 9.09. The zero-order chi connectivity index (χ0) is 18.1. The first-order valence-corrected chi connectivity index (χ1v) is 12.1. The Hall–Kier alpha value is -0.760. The average Bonchev–Trinajstić information content (AvgIpc) is 2.88. The second-order valence-electron chi connectivity index (χ2n) is 6.64. The number of carbonyl (C=O) groups excluding carboxylic acids is 2. The number of carbonyl (C=O) groups is 2. The van der Waals surface area contributed by atoms with Crippen molar-refractivity contribution in [2.75, 3.05) is 23.0 Å². The molecule has 8 heteroatoms. The van der Waals surface area contributed by atoms with Crippen LogP contribution in [0.4, 0.5) is 0 Å². The molecule has 6 nitrogen and oxygen atoms in total. The number of ether oxygens (including phenoxy) is 2. The summed E-state index contributed by atoms with van der Waals surface area (Å²) in [6, 6.07) is 0. The highest BCUT2D eigenvalue weighted by atomic mass is 32.2. The number of hydrogen-bond acceptors (Lipinski definition) is 6. The molecule has 0 spiro atoms. The van der Waals surface area contributed by atoms with E-state index in [1.165, 1.54) is 0 Å². The lowest BCUT2D eigenvalue weighted by Gasteiger charge is -2.14. The largest absolute Gasteiger partial charge is 0.462 e. The highest BCUT2D eigenvalue weighted by molar-refractivity contribution is 7.85. The summed E-state index contributed by atoms with van der Waals surface area (Å²) < 4.78 is 34.4. The van der Waals surface area contributed by atoms with E-state index in [4.69, 9.17) is 9.47 Å². The fourth-order valence-electron chi connectivity index (χ4n) is 3.05. The Balaban J connectivity index is 1.51. The van der Waals surface area contributed by atoms with Crippen molar-refractivity contribution in [1.82, 2.24) is 0 Å². The Labute approximate surface area is 154 Å². The molecule has 0 aliphatic carbocycles. The van der Waals surface area contributed by atoms with Crippen molar-refractivity contribution in [1.29, 1.82) is 0 Å². The Morgan fingerprint density at radius 3 is 1.92 bits per heavy atom. The standard InChI is InChI=1S/C17H28O6S2/c18-16-5-2-1-4-14(22-16)8-12-24(20)10-3-11-25(21)13-9-15-6-7-17(19)23-15/h14-15H,1-13H2. The summed E-state index contributed by atoms with van der Waals surface area (Å²) in [4.78, 5) is 22.4. The van der Waals surface area contributed by atoms with E-state index in [1.807, 2.05) is 0 Å². The van der Waals surface area contributed by atoms with Crippen molar-refractivity contribution in [3.05, 3.63) is 0 Å². The summed E-state index contributed by atoms with van der Waals surface area (Å²) >= 11 is 0. The predicted molar refractivity (Wildman–Crippen MR) is 97.1 cm³/mol. The SMILES string of the molecule is O=C1CCCCC(CCS(=O)CCCS(=O)CCC2CCC(=O)O2)O1. The molecule has 2 aliphatic rings. The van der Waals surface area contributed by atoms with Gasteiger partial charge in [-0.1, -0.05) is 0 Å².